The number of nitrogens with one attached hydrogen (secondary N) is 1. The van der Waals surface area contributed by atoms with Crippen LogP contribution in [0.3, 0.4) is 0 Å². The monoisotopic (exact) mass is 347 g/mol. The van der Waals surface area contributed by atoms with Gasteiger partial charge in [-0.05, 0) is 50.4 Å². The summed E-state index contributed by atoms with van der Waals surface area (Å²) in [6, 6.07) is 3.69. The number of nitrogens with two attached hydrogens (primary N) is 1. The fraction of sp³-hybridized carbons (Fsp3) is 0.412. The molecule has 0 aliphatic heterocycles. The van der Waals surface area contributed by atoms with E-state index >= 15 is 0 Å². The van der Waals surface area contributed by atoms with Gasteiger partial charge in [-0.2, -0.15) is 0 Å². The Balaban J connectivity index is 1.68. The lowest BCUT2D eigenvalue weighted by atomic mass is 9.95. The summed E-state index contributed by atoms with van der Waals surface area (Å²) >= 11 is 1.48. The van der Waals surface area contributed by atoms with Crippen molar-refractivity contribution in [1.82, 2.24) is 4.90 Å². The highest BCUT2D eigenvalue weighted by atomic mass is 32.1. The molecule has 0 spiro atoms. The predicted molar refractivity (Wildman–Crippen MR) is 93.2 cm³/mol. The lowest BCUT2D eigenvalue weighted by Gasteiger charge is -2.14. The van der Waals surface area contributed by atoms with Crippen molar-refractivity contribution in [3.8, 4) is 0 Å². The number of rotatable bonds is 6. The minimum atomic E-state index is -0.464. The number of hydrogen-bond acceptors (Lipinski definition) is 5. The van der Waals surface area contributed by atoms with Gasteiger partial charge in [0.15, 0.2) is 0 Å². The van der Waals surface area contributed by atoms with Gasteiger partial charge in [-0.1, -0.05) is 0 Å². The van der Waals surface area contributed by atoms with Crippen LogP contribution < -0.4 is 11.1 Å². The quantitative estimate of drug-likeness (QED) is 0.840. The lowest BCUT2D eigenvalue weighted by Crippen LogP contribution is -2.30. The van der Waals surface area contributed by atoms with Gasteiger partial charge in [0.1, 0.15) is 10.8 Å². The molecule has 0 radical (unpaired) electrons. The van der Waals surface area contributed by atoms with Gasteiger partial charge in [0, 0.05) is 4.88 Å². The number of aryl methyl sites for hydroxylation is 1. The van der Waals surface area contributed by atoms with E-state index in [-0.39, 0.29) is 12.5 Å². The van der Waals surface area contributed by atoms with Crippen LogP contribution in [0.1, 0.15) is 39.4 Å². The van der Waals surface area contributed by atoms with Crippen LogP contribution in [0.2, 0.25) is 0 Å². The maximum absolute atomic E-state index is 12.3. The first-order chi connectivity index (χ1) is 11.5. The van der Waals surface area contributed by atoms with Crippen LogP contribution in [0.5, 0.6) is 0 Å². The topological polar surface area (TPSA) is 88.6 Å². The van der Waals surface area contributed by atoms with E-state index in [1.807, 2.05) is 24.1 Å². The molecule has 0 saturated heterocycles. The number of thiophene rings is 1. The molecule has 0 saturated carbocycles. The second kappa shape index (κ2) is 7.19. The molecule has 128 valence electrons. The van der Waals surface area contributed by atoms with Crippen LogP contribution in [-0.2, 0) is 24.2 Å². The van der Waals surface area contributed by atoms with Crippen LogP contribution in [0, 0.1) is 0 Å². The molecule has 2 heterocycles. The van der Waals surface area contributed by atoms with E-state index in [1.165, 1.54) is 16.2 Å². The standard InChI is InChI=1S/C17H21N3O3S/c1-20(9-11-5-4-8-23-11)10-14(21)19-17-15(16(18)22)12-6-2-3-7-13(12)24-17/h4-5,8H,2-3,6-7,9-10H2,1H3,(H2,18,22)(H,19,21). The summed E-state index contributed by atoms with van der Waals surface area (Å²) in [4.78, 5) is 27.2. The molecule has 3 rings (SSSR count). The SMILES string of the molecule is CN(CC(=O)Nc1sc2c(c1C(N)=O)CCCC2)Cc1ccco1. The number of anilines is 1. The molecular weight excluding hydrogens is 326 g/mol. The summed E-state index contributed by atoms with van der Waals surface area (Å²) < 4.78 is 5.28. The number of carbonyl (C=O) groups excluding carboxylic acids is 2. The molecule has 1 aliphatic carbocycles. The van der Waals surface area contributed by atoms with Crippen molar-refractivity contribution in [2.45, 2.75) is 32.2 Å². The molecule has 2 aromatic rings. The summed E-state index contributed by atoms with van der Waals surface area (Å²) in [5, 5.41) is 3.45. The van der Waals surface area contributed by atoms with E-state index in [0.717, 1.165) is 37.0 Å². The average Bonchev–Trinajstić information content (AvgIpc) is 3.13. The van der Waals surface area contributed by atoms with E-state index in [4.69, 9.17) is 10.2 Å². The minimum Gasteiger partial charge on any atom is -0.468 e. The summed E-state index contributed by atoms with van der Waals surface area (Å²) in [6.45, 7) is 0.755. The highest BCUT2D eigenvalue weighted by Gasteiger charge is 2.25. The summed E-state index contributed by atoms with van der Waals surface area (Å²) in [6.07, 6.45) is 5.60. The molecule has 3 N–H and O–H groups in total. The zero-order valence-electron chi connectivity index (χ0n) is 13.6. The maximum atomic E-state index is 12.3. The Labute approximate surface area is 144 Å². The number of fused-ring (bicyclic) bond motifs is 1. The zero-order valence-corrected chi connectivity index (χ0v) is 14.4. The zero-order chi connectivity index (χ0) is 17.1. The highest BCUT2D eigenvalue weighted by molar-refractivity contribution is 7.17. The van der Waals surface area contributed by atoms with Crippen molar-refractivity contribution in [2.75, 3.05) is 18.9 Å². The third-order valence-corrected chi connectivity index (χ3v) is 5.30. The van der Waals surface area contributed by atoms with Gasteiger partial charge in [-0.15, -0.1) is 11.3 Å². The molecule has 1 aliphatic rings. The van der Waals surface area contributed by atoms with Crippen molar-refractivity contribution in [3.63, 3.8) is 0 Å². The number of likely N-dealkylation sites (N-methyl/N-ethyl adjacent to an activating group) is 1. The van der Waals surface area contributed by atoms with E-state index in [1.54, 1.807) is 6.26 Å². The van der Waals surface area contributed by atoms with E-state index < -0.39 is 5.91 Å². The van der Waals surface area contributed by atoms with E-state index in [0.29, 0.717) is 17.1 Å². The van der Waals surface area contributed by atoms with Crippen LogP contribution in [-0.4, -0.2) is 30.3 Å². The number of primary amides is 1. The Morgan fingerprint density at radius 2 is 2.17 bits per heavy atom. The molecule has 0 aromatic carbocycles. The van der Waals surface area contributed by atoms with Crippen LogP contribution in [0.15, 0.2) is 22.8 Å². The van der Waals surface area contributed by atoms with E-state index in [2.05, 4.69) is 5.32 Å². The Hall–Kier alpha value is -2.12. The van der Waals surface area contributed by atoms with Crippen molar-refractivity contribution in [2.24, 2.45) is 5.73 Å². The van der Waals surface area contributed by atoms with E-state index in [9.17, 15) is 9.59 Å². The van der Waals surface area contributed by atoms with Gasteiger partial charge < -0.3 is 15.5 Å². The molecule has 0 atom stereocenters. The fourth-order valence-electron chi connectivity index (χ4n) is 3.05. The molecule has 24 heavy (non-hydrogen) atoms. The van der Waals surface area contributed by atoms with Gasteiger partial charge in [-0.3, -0.25) is 14.5 Å². The van der Waals surface area contributed by atoms with Gasteiger partial charge in [0.25, 0.3) is 5.91 Å². The molecule has 0 fully saturated rings. The number of hydrogen-bond donors (Lipinski definition) is 2. The predicted octanol–water partition coefficient (Wildman–Crippen LogP) is 2.39. The molecule has 7 heteroatoms. The van der Waals surface area contributed by atoms with Gasteiger partial charge >= 0.3 is 0 Å². The van der Waals surface area contributed by atoms with Crippen LogP contribution >= 0.6 is 11.3 Å². The Morgan fingerprint density at radius 1 is 1.38 bits per heavy atom. The first-order valence-electron chi connectivity index (χ1n) is 7.99. The molecular formula is C17H21N3O3S. The van der Waals surface area contributed by atoms with Crippen molar-refractivity contribution in [3.05, 3.63) is 40.2 Å². The summed E-state index contributed by atoms with van der Waals surface area (Å²) in [7, 11) is 1.84. The Morgan fingerprint density at radius 3 is 2.88 bits per heavy atom. The third kappa shape index (κ3) is 3.68. The number of carbonyl (C=O) groups is 2. The highest BCUT2D eigenvalue weighted by Crippen LogP contribution is 2.37. The third-order valence-electron chi connectivity index (χ3n) is 4.09. The Bertz CT molecular complexity index is 737. The van der Waals surface area contributed by atoms with Crippen molar-refractivity contribution < 1.29 is 14.0 Å². The molecule has 0 unspecified atom stereocenters. The average molecular weight is 347 g/mol. The summed E-state index contributed by atoms with van der Waals surface area (Å²) in [5.41, 5.74) is 7.07. The van der Waals surface area contributed by atoms with Crippen LogP contribution in [0.25, 0.3) is 0 Å². The molecule has 2 aromatic heterocycles. The van der Waals surface area contributed by atoms with Crippen molar-refractivity contribution >= 4 is 28.2 Å². The van der Waals surface area contributed by atoms with Crippen molar-refractivity contribution in [1.29, 1.82) is 0 Å². The largest absolute Gasteiger partial charge is 0.468 e. The maximum Gasteiger partial charge on any atom is 0.251 e. The number of furan rings is 1. The second-order valence-corrected chi connectivity index (χ2v) is 7.18. The normalized spacial score (nSPS) is 13.8. The summed E-state index contributed by atoms with van der Waals surface area (Å²) in [5.74, 6) is 0.175. The second-order valence-electron chi connectivity index (χ2n) is 6.08. The molecule has 2 amide bonds. The Kier molecular flexibility index (Phi) is 5.01. The van der Waals surface area contributed by atoms with Gasteiger partial charge in [0.2, 0.25) is 5.91 Å². The van der Waals surface area contributed by atoms with Crippen LogP contribution in [0.4, 0.5) is 5.00 Å². The lowest BCUT2D eigenvalue weighted by molar-refractivity contribution is -0.117. The molecule has 6 nitrogen and oxygen atoms in total. The first-order valence-corrected chi connectivity index (χ1v) is 8.81. The van der Waals surface area contributed by atoms with Gasteiger partial charge in [0.05, 0.1) is 24.9 Å². The van der Waals surface area contributed by atoms with Gasteiger partial charge in [-0.25, -0.2) is 0 Å². The smallest absolute Gasteiger partial charge is 0.251 e. The molecule has 0 bridgehead atoms. The minimum absolute atomic E-state index is 0.162. The number of amides is 2. The first kappa shape index (κ1) is 16.7. The number of nitrogens with zero attached hydrogens (tertiary/aromatic N) is 1. The fourth-order valence-corrected chi connectivity index (χ4v) is 4.36.